The summed E-state index contributed by atoms with van der Waals surface area (Å²) in [5.74, 6) is -1.06. The van der Waals surface area contributed by atoms with Gasteiger partial charge in [-0.3, -0.25) is 9.59 Å². The summed E-state index contributed by atoms with van der Waals surface area (Å²) in [7, 11) is 0. The van der Waals surface area contributed by atoms with Gasteiger partial charge in [0, 0.05) is 17.0 Å². The minimum Gasteiger partial charge on any atom is -0.508 e. The van der Waals surface area contributed by atoms with E-state index in [4.69, 9.17) is 4.74 Å². The molecule has 1 saturated heterocycles. The molecule has 0 aromatic heterocycles. The average molecular weight is 332 g/mol. The molecule has 3 N–H and O–H groups in total. The minimum absolute atomic E-state index is 0.0718. The van der Waals surface area contributed by atoms with Crippen LogP contribution in [0.1, 0.15) is 39.2 Å². The highest BCUT2D eigenvalue weighted by atomic mass is 16.6. The Morgan fingerprint density at radius 3 is 2.54 bits per heavy atom. The lowest BCUT2D eigenvalue weighted by Crippen LogP contribution is -2.52. The summed E-state index contributed by atoms with van der Waals surface area (Å²) in [6, 6.07) is 4.03. The first-order valence-electron chi connectivity index (χ1n) is 7.73. The molecule has 128 valence electrons. The zero-order valence-corrected chi connectivity index (χ0v) is 13.8. The standard InChI is InChI=1S/C17H20N2O5/c1-15(2)16(3)6-7-17(15,24-14(16)23)13(22)19-18-9-10-4-5-11(20)8-12(10)21/h4-5,8-9,20-21H,6-7H2,1-3H3,(H,19,22)/t16-,17+/m1/s1. The van der Waals surface area contributed by atoms with Gasteiger partial charge < -0.3 is 14.9 Å². The molecule has 0 spiro atoms. The number of phenols is 2. The molecule has 1 aliphatic heterocycles. The molecule has 1 aromatic rings. The van der Waals surface area contributed by atoms with Crippen molar-refractivity contribution in [2.45, 2.75) is 39.2 Å². The molecule has 2 bridgehead atoms. The number of esters is 1. The van der Waals surface area contributed by atoms with Crippen LogP contribution >= 0.6 is 0 Å². The van der Waals surface area contributed by atoms with Crippen LogP contribution in [-0.4, -0.2) is 33.9 Å². The lowest BCUT2D eigenvalue weighted by atomic mass is 9.66. The van der Waals surface area contributed by atoms with E-state index in [0.29, 0.717) is 18.4 Å². The van der Waals surface area contributed by atoms with Crippen LogP contribution in [0.2, 0.25) is 0 Å². The van der Waals surface area contributed by atoms with Gasteiger partial charge in [0.05, 0.1) is 11.6 Å². The summed E-state index contributed by atoms with van der Waals surface area (Å²) in [6.07, 6.45) is 2.31. The van der Waals surface area contributed by atoms with E-state index in [0.717, 1.165) is 0 Å². The number of carbonyl (C=O) groups is 2. The van der Waals surface area contributed by atoms with Gasteiger partial charge in [-0.2, -0.15) is 5.10 Å². The topological polar surface area (TPSA) is 108 Å². The Morgan fingerprint density at radius 2 is 2.00 bits per heavy atom. The zero-order chi connectivity index (χ0) is 17.8. The average Bonchev–Trinajstić information content (AvgIpc) is 2.79. The highest BCUT2D eigenvalue weighted by molar-refractivity contribution is 5.96. The summed E-state index contributed by atoms with van der Waals surface area (Å²) in [6.45, 7) is 5.55. The van der Waals surface area contributed by atoms with E-state index in [1.165, 1.54) is 24.4 Å². The smallest absolute Gasteiger partial charge is 0.313 e. The van der Waals surface area contributed by atoms with Gasteiger partial charge in [-0.05, 0) is 31.9 Å². The Balaban J connectivity index is 1.79. The number of ether oxygens (including phenoxy) is 1. The van der Waals surface area contributed by atoms with E-state index < -0.39 is 22.3 Å². The van der Waals surface area contributed by atoms with E-state index in [1.54, 1.807) is 0 Å². The number of hydrogen-bond acceptors (Lipinski definition) is 6. The molecule has 3 rings (SSSR count). The molecular formula is C17H20N2O5. The van der Waals surface area contributed by atoms with Crippen molar-refractivity contribution < 1.29 is 24.5 Å². The lowest BCUT2D eigenvalue weighted by molar-refractivity contribution is -0.168. The third kappa shape index (κ3) is 1.93. The van der Waals surface area contributed by atoms with Gasteiger partial charge in [0.15, 0.2) is 5.60 Å². The van der Waals surface area contributed by atoms with E-state index in [2.05, 4.69) is 10.5 Å². The molecule has 2 fully saturated rings. The fourth-order valence-corrected chi connectivity index (χ4v) is 3.64. The normalized spacial score (nSPS) is 30.5. The van der Waals surface area contributed by atoms with E-state index >= 15 is 0 Å². The third-order valence-corrected chi connectivity index (χ3v) is 5.83. The summed E-state index contributed by atoms with van der Waals surface area (Å²) >= 11 is 0. The molecule has 1 aromatic carbocycles. The first-order chi connectivity index (χ1) is 11.1. The third-order valence-electron chi connectivity index (χ3n) is 5.83. The molecule has 0 unspecified atom stereocenters. The number of hydrazone groups is 1. The van der Waals surface area contributed by atoms with Crippen molar-refractivity contribution in [1.82, 2.24) is 5.43 Å². The van der Waals surface area contributed by atoms with Crippen molar-refractivity contribution >= 4 is 18.1 Å². The van der Waals surface area contributed by atoms with Crippen molar-refractivity contribution in [3.05, 3.63) is 23.8 Å². The number of nitrogens with zero attached hydrogens (tertiary/aromatic N) is 1. The molecule has 2 atom stereocenters. The summed E-state index contributed by atoms with van der Waals surface area (Å²) in [4.78, 5) is 24.8. The van der Waals surface area contributed by atoms with Crippen molar-refractivity contribution in [2.24, 2.45) is 15.9 Å². The molecule has 1 heterocycles. The van der Waals surface area contributed by atoms with Gasteiger partial charge in [-0.15, -0.1) is 0 Å². The van der Waals surface area contributed by atoms with Gasteiger partial charge in [-0.25, -0.2) is 5.43 Å². The van der Waals surface area contributed by atoms with Crippen LogP contribution in [0.15, 0.2) is 23.3 Å². The van der Waals surface area contributed by atoms with Gasteiger partial charge >= 0.3 is 5.97 Å². The first kappa shape index (κ1) is 16.3. The maximum absolute atomic E-state index is 12.7. The Kier molecular flexibility index (Phi) is 3.37. The molecule has 7 nitrogen and oxygen atoms in total. The number of aromatic hydroxyl groups is 2. The van der Waals surface area contributed by atoms with Crippen molar-refractivity contribution in [1.29, 1.82) is 0 Å². The van der Waals surface area contributed by atoms with Gasteiger partial charge in [0.25, 0.3) is 5.91 Å². The van der Waals surface area contributed by atoms with Gasteiger partial charge in [-0.1, -0.05) is 13.8 Å². The van der Waals surface area contributed by atoms with Crippen LogP contribution in [0.4, 0.5) is 0 Å². The highest BCUT2D eigenvalue weighted by Crippen LogP contribution is 2.65. The first-order valence-corrected chi connectivity index (χ1v) is 7.73. The largest absolute Gasteiger partial charge is 0.508 e. The number of phenolic OH excluding ortho intramolecular Hbond substituents is 2. The second kappa shape index (κ2) is 4.96. The van der Waals surface area contributed by atoms with Crippen LogP contribution in [0, 0.1) is 10.8 Å². The van der Waals surface area contributed by atoms with Gasteiger partial charge in [0.1, 0.15) is 11.5 Å². The number of rotatable bonds is 3. The van der Waals surface area contributed by atoms with Gasteiger partial charge in [0.2, 0.25) is 0 Å². The molecule has 1 aliphatic carbocycles. The number of fused-ring (bicyclic) bond motifs is 2. The predicted molar refractivity (Wildman–Crippen MR) is 85.5 cm³/mol. The molecule has 0 radical (unpaired) electrons. The maximum atomic E-state index is 12.7. The Bertz CT molecular complexity index is 757. The zero-order valence-electron chi connectivity index (χ0n) is 13.8. The van der Waals surface area contributed by atoms with Crippen LogP contribution in [0.3, 0.4) is 0 Å². The number of nitrogens with one attached hydrogen (secondary N) is 1. The fraction of sp³-hybridized carbons (Fsp3) is 0.471. The second-order valence-electron chi connectivity index (χ2n) is 7.12. The monoisotopic (exact) mass is 332 g/mol. The molecule has 1 saturated carbocycles. The van der Waals surface area contributed by atoms with Crippen LogP contribution < -0.4 is 5.43 Å². The minimum atomic E-state index is -1.23. The molecular weight excluding hydrogens is 312 g/mol. The summed E-state index contributed by atoms with van der Waals surface area (Å²) in [5, 5.41) is 22.8. The maximum Gasteiger partial charge on any atom is 0.313 e. The second-order valence-corrected chi connectivity index (χ2v) is 7.12. The molecule has 24 heavy (non-hydrogen) atoms. The van der Waals surface area contributed by atoms with Crippen molar-refractivity contribution in [2.75, 3.05) is 0 Å². The van der Waals surface area contributed by atoms with Crippen LogP contribution in [-0.2, 0) is 14.3 Å². The van der Waals surface area contributed by atoms with Crippen molar-refractivity contribution in [3.63, 3.8) is 0 Å². The van der Waals surface area contributed by atoms with E-state index in [1.807, 2.05) is 20.8 Å². The summed E-state index contributed by atoms with van der Waals surface area (Å²) in [5.41, 5.74) is 0.196. The molecule has 1 amide bonds. The Hall–Kier alpha value is -2.57. The van der Waals surface area contributed by atoms with Crippen LogP contribution in [0.5, 0.6) is 11.5 Å². The fourth-order valence-electron chi connectivity index (χ4n) is 3.64. The summed E-state index contributed by atoms with van der Waals surface area (Å²) < 4.78 is 5.46. The highest BCUT2D eigenvalue weighted by Gasteiger charge is 2.75. The van der Waals surface area contributed by atoms with E-state index in [9.17, 15) is 19.8 Å². The lowest BCUT2D eigenvalue weighted by Gasteiger charge is -2.34. The number of amides is 1. The number of benzene rings is 1. The molecule has 2 aliphatic rings. The molecule has 7 heteroatoms. The quantitative estimate of drug-likeness (QED) is 0.443. The Morgan fingerprint density at radius 1 is 1.29 bits per heavy atom. The SMILES string of the molecule is CC1(C)[C@@]2(C(=O)NN=Cc3ccc(O)cc3O)CC[C@]1(C)C(=O)O2. The number of hydrogen-bond donors (Lipinski definition) is 3. The van der Waals surface area contributed by atoms with Crippen LogP contribution in [0.25, 0.3) is 0 Å². The Labute approximate surface area is 139 Å². The predicted octanol–water partition coefficient (Wildman–Crippen LogP) is 1.67. The number of carbonyl (C=O) groups excluding carboxylic acids is 2. The van der Waals surface area contributed by atoms with E-state index in [-0.39, 0.29) is 17.5 Å². The van der Waals surface area contributed by atoms with Crippen molar-refractivity contribution in [3.8, 4) is 11.5 Å².